The van der Waals surface area contributed by atoms with E-state index < -0.39 is 0 Å². The predicted molar refractivity (Wildman–Crippen MR) is 88.1 cm³/mol. The van der Waals surface area contributed by atoms with Gasteiger partial charge in [0, 0.05) is 57.1 Å². The zero-order valence-electron chi connectivity index (χ0n) is 14.2. The molecule has 2 aromatic heterocycles. The second-order valence-electron chi connectivity index (χ2n) is 6.48. The van der Waals surface area contributed by atoms with Crippen LogP contribution in [0.3, 0.4) is 0 Å². The van der Waals surface area contributed by atoms with Crippen molar-refractivity contribution in [2.45, 2.75) is 45.6 Å². The molecule has 0 aromatic carbocycles. The molecule has 3 rings (SSSR count). The molecule has 0 bridgehead atoms. The monoisotopic (exact) mass is 315 g/mol. The molecule has 0 aliphatic carbocycles. The van der Waals surface area contributed by atoms with Gasteiger partial charge in [-0.05, 0) is 32.8 Å². The summed E-state index contributed by atoms with van der Waals surface area (Å²) in [4.78, 5) is 19.2. The van der Waals surface area contributed by atoms with Gasteiger partial charge in [-0.25, -0.2) is 4.98 Å². The van der Waals surface area contributed by atoms with Crippen molar-refractivity contribution in [1.29, 1.82) is 0 Å². The van der Waals surface area contributed by atoms with Crippen molar-refractivity contribution in [2.24, 2.45) is 7.05 Å². The van der Waals surface area contributed by atoms with Crippen molar-refractivity contribution < 1.29 is 4.79 Å². The Morgan fingerprint density at radius 3 is 2.87 bits per heavy atom. The van der Waals surface area contributed by atoms with Gasteiger partial charge in [-0.15, -0.1) is 0 Å². The van der Waals surface area contributed by atoms with Crippen molar-refractivity contribution in [2.75, 3.05) is 13.1 Å². The number of imidazole rings is 1. The third-order valence-electron chi connectivity index (χ3n) is 4.64. The highest BCUT2D eigenvalue weighted by Gasteiger charge is 2.27. The van der Waals surface area contributed by atoms with Gasteiger partial charge in [0.15, 0.2) is 0 Å². The fourth-order valence-corrected chi connectivity index (χ4v) is 3.42. The Balaban J connectivity index is 1.60. The molecule has 1 aliphatic rings. The first kappa shape index (κ1) is 15.8. The Labute approximate surface area is 137 Å². The maximum Gasteiger partial charge on any atom is 0.224 e. The van der Waals surface area contributed by atoms with Gasteiger partial charge < -0.3 is 9.47 Å². The number of hydrogen-bond donors (Lipinski definition) is 0. The first-order valence-corrected chi connectivity index (χ1v) is 8.30. The van der Waals surface area contributed by atoms with Crippen LogP contribution in [0.4, 0.5) is 0 Å². The molecule has 0 saturated carbocycles. The average molecular weight is 315 g/mol. The number of rotatable bonds is 4. The van der Waals surface area contributed by atoms with Gasteiger partial charge in [-0.3, -0.25) is 9.48 Å². The van der Waals surface area contributed by atoms with E-state index in [1.807, 2.05) is 36.5 Å². The minimum Gasteiger partial charge on any atom is -0.342 e. The molecule has 3 heterocycles. The molecule has 1 fully saturated rings. The van der Waals surface area contributed by atoms with Gasteiger partial charge in [-0.2, -0.15) is 5.10 Å². The SMILES string of the molecule is Cc1cn(C)c([C@H]2CCCN(C(=O)CCn3nccc3C)C2)n1. The number of carbonyl (C=O) groups excluding carboxylic acids is 1. The molecule has 124 valence electrons. The molecule has 0 radical (unpaired) electrons. The zero-order chi connectivity index (χ0) is 16.4. The fourth-order valence-electron chi connectivity index (χ4n) is 3.42. The van der Waals surface area contributed by atoms with Crippen molar-refractivity contribution in [3.8, 4) is 0 Å². The summed E-state index contributed by atoms with van der Waals surface area (Å²) in [7, 11) is 2.04. The Bertz CT molecular complexity index is 687. The minimum atomic E-state index is 0.218. The number of piperidine rings is 1. The lowest BCUT2D eigenvalue weighted by atomic mass is 9.97. The Morgan fingerprint density at radius 1 is 1.39 bits per heavy atom. The molecule has 0 N–H and O–H groups in total. The first-order chi connectivity index (χ1) is 11.0. The zero-order valence-corrected chi connectivity index (χ0v) is 14.2. The summed E-state index contributed by atoms with van der Waals surface area (Å²) in [6, 6.07) is 1.96. The van der Waals surface area contributed by atoms with E-state index in [1.165, 1.54) is 0 Å². The quantitative estimate of drug-likeness (QED) is 0.867. The minimum absolute atomic E-state index is 0.218. The van der Waals surface area contributed by atoms with Gasteiger partial charge in [0.05, 0.1) is 5.69 Å². The second kappa shape index (κ2) is 6.56. The van der Waals surface area contributed by atoms with Crippen LogP contribution in [0.2, 0.25) is 0 Å². The summed E-state index contributed by atoms with van der Waals surface area (Å²) in [6.45, 7) is 6.32. The molecule has 2 aromatic rings. The lowest BCUT2D eigenvalue weighted by Gasteiger charge is -2.32. The summed E-state index contributed by atoms with van der Waals surface area (Å²) in [5.74, 6) is 1.66. The summed E-state index contributed by atoms with van der Waals surface area (Å²) in [5.41, 5.74) is 2.14. The largest absolute Gasteiger partial charge is 0.342 e. The topological polar surface area (TPSA) is 56.0 Å². The molecular weight excluding hydrogens is 290 g/mol. The van der Waals surface area contributed by atoms with E-state index in [-0.39, 0.29) is 5.91 Å². The van der Waals surface area contributed by atoms with E-state index in [4.69, 9.17) is 0 Å². The number of amides is 1. The van der Waals surface area contributed by atoms with Crippen LogP contribution >= 0.6 is 0 Å². The highest BCUT2D eigenvalue weighted by molar-refractivity contribution is 5.76. The van der Waals surface area contributed by atoms with E-state index >= 15 is 0 Å². The van der Waals surface area contributed by atoms with Crippen LogP contribution in [-0.4, -0.2) is 43.2 Å². The Hall–Kier alpha value is -2.11. The lowest BCUT2D eigenvalue weighted by Crippen LogP contribution is -2.40. The molecular formula is C17H25N5O. The Kier molecular flexibility index (Phi) is 4.50. The van der Waals surface area contributed by atoms with Crippen molar-refractivity contribution in [3.63, 3.8) is 0 Å². The van der Waals surface area contributed by atoms with Crippen LogP contribution in [-0.2, 0) is 18.4 Å². The molecule has 6 heteroatoms. The van der Waals surface area contributed by atoms with Gasteiger partial charge in [0.25, 0.3) is 0 Å². The second-order valence-corrected chi connectivity index (χ2v) is 6.48. The molecule has 1 saturated heterocycles. The van der Waals surface area contributed by atoms with Crippen LogP contribution in [0.15, 0.2) is 18.5 Å². The summed E-state index contributed by atoms with van der Waals surface area (Å²) in [5, 5.41) is 4.24. The predicted octanol–water partition coefficient (Wildman–Crippen LogP) is 2.03. The third kappa shape index (κ3) is 3.46. The van der Waals surface area contributed by atoms with Crippen LogP contribution in [0.5, 0.6) is 0 Å². The van der Waals surface area contributed by atoms with Crippen molar-refractivity contribution in [3.05, 3.63) is 35.7 Å². The van der Waals surface area contributed by atoms with Crippen LogP contribution in [0.1, 0.15) is 42.4 Å². The number of aromatic nitrogens is 4. The van der Waals surface area contributed by atoms with Gasteiger partial charge in [-0.1, -0.05) is 0 Å². The van der Waals surface area contributed by atoms with E-state index in [9.17, 15) is 4.79 Å². The highest BCUT2D eigenvalue weighted by Crippen LogP contribution is 2.26. The first-order valence-electron chi connectivity index (χ1n) is 8.30. The molecule has 1 atom stereocenters. The van der Waals surface area contributed by atoms with Gasteiger partial charge in [0.1, 0.15) is 5.82 Å². The normalized spacial score (nSPS) is 18.4. The summed E-state index contributed by atoms with van der Waals surface area (Å²) < 4.78 is 3.99. The number of hydrogen-bond acceptors (Lipinski definition) is 3. The molecule has 1 amide bonds. The van der Waals surface area contributed by atoms with E-state index in [0.717, 1.165) is 43.1 Å². The molecule has 1 aliphatic heterocycles. The van der Waals surface area contributed by atoms with Crippen LogP contribution < -0.4 is 0 Å². The number of nitrogens with zero attached hydrogens (tertiary/aromatic N) is 5. The summed E-state index contributed by atoms with van der Waals surface area (Å²) in [6.07, 6.45) is 6.49. The van der Waals surface area contributed by atoms with E-state index in [1.54, 1.807) is 6.20 Å². The Morgan fingerprint density at radius 2 is 2.22 bits per heavy atom. The van der Waals surface area contributed by atoms with Crippen molar-refractivity contribution >= 4 is 5.91 Å². The average Bonchev–Trinajstić information content (AvgIpc) is 3.10. The molecule has 6 nitrogen and oxygen atoms in total. The number of aryl methyl sites for hydroxylation is 4. The fraction of sp³-hybridized carbons (Fsp3) is 0.588. The van der Waals surface area contributed by atoms with Crippen LogP contribution in [0.25, 0.3) is 0 Å². The maximum absolute atomic E-state index is 12.5. The molecule has 0 unspecified atom stereocenters. The number of likely N-dealkylation sites (tertiary alicyclic amines) is 1. The van der Waals surface area contributed by atoms with Gasteiger partial charge in [0.2, 0.25) is 5.91 Å². The van der Waals surface area contributed by atoms with Crippen LogP contribution in [0, 0.1) is 13.8 Å². The molecule has 23 heavy (non-hydrogen) atoms. The number of carbonyl (C=O) groups is 1. The summed E-state index contributed by atoms with van der Waals surface area (Å²) >= 11 is 0. The smallest absolute Gasteiger partial charge is 0.224 e. The third-order valence-corrected chi connectivity index (χ3v) is 4.64. The maximum atomic E-state index is 12.5. The van der Waals surface area contributed by atoms with Gasteiger partial charge >= 0.3 is 0 Å². The van der Waals surface area contributed by atoms with Crippen molar-refractivity contribution in [1.82, 2.24) is 24.2 Å². The lowest BCUT2D eigenvalue weighted by molar-refractivity contribution is -0.132. The van der Waals surface area contributed by atoms with E-state index in [2.05, 4.69) is 20.8 Å². The molecule has 0 spiro atoms. The van der Waals surface area contributed by atoms with E-state index in [0.29, 0.717) is 18.9 Å². The standard InChI is InChI=1S/C17H25N5O/c1-13-11-20(3)17(19-13)15-5-4-9-21(12-15)16(23)7-10-22-14(2)6-8-18-22/h6,8,11,15H,4-5,7,9-10,12H2,1-3H3/t15-/m0/s1. The highest BCUT2D eigenvalue weighted by atomic mass is 16.2.